The number of allylic oxidation sites excluding steroid dienone is 2. The highest BCUT2D eigenvalue weighted by Gasteiger charge is 2.58. The average molecular weight is 528 g/mol. The van der Waals surface area contributed by atoms with E-state index in [1.165, 1.54) is 14.7 Å². The van der Waals surface area contributed by atoms with Crippen LogP contribution in [-0.4, -0.2) is 42.8 Å². The third-order valence-corrected chi connectivity index (χ3v) is 7.36. The van der Waals surface area contributed by atoms with Gasteiger partial charge in [0, 0.05) is 29.9 Å². The van der Waals surface area contributed by atoms with Gasteiger partial charge in [-0.05, 0) is 43.2 Å². The molecule has 6 nitrogen and oxygen atoms in total. The van der Waals surface area contributed by atoms with Gasteiger partial charge in [0.15, 0.2) is 5.96 Å². The van der Waals surface area contributed by atoms with E-state index in [0.29, 0.717) is 13.1 Å². The van der Waals surface area contributed by atoms with Crippen LogP contribution in [0.5, 0.6) is 0 Å². The molecule has 4 rings (SSSR count). The number of hydrogen-bond donors (Lipinski definition) is 2. The summed E-state index contributed by atoms with van der Waals surface area (Å²) in [5, 5.41) is 6.59. The van der Waals surface area contributed by atoms with Gasteiger partial charge < -0.3 is 10.6 Å². The lowest BCUT2D eigenvalue weighted by Gasteiger charge is -2.18. The van der Waals surface area contributed by atoms with Crippen molar-refractivity contribution < 1.29 is 9.59 Å². The molecule has 2 N–H and O–H groups in total. The smallest absolute Gasteiger partial charge is 0.233 e. The molecule has 0 radical (unpaired) electrons. The lowest BCUT2D eigenvalue weighted by molar-refractivity contribution is -0.140. The van der Waals surface area contributed by atoms with Crippen LogP contribution < -0.4 is 10.6 Å². The standard InChI is InChI=1S/C21H28N4O2S.HI/c1-3-15-7-8-16(28-15)12-24-21(22-2)23-9-4-10-25-19(26)17-13-5-6-14(11-13)18(17)20(25)27;/h5-8,13-14,17-18H,3-4,9-12H2,1-2H3,(H2,22,23,24);1H. The van der Waals surface area contributed by atoms with E-state index in [1.807, 2.05) is 11.3 Å². The molecule has 0 aromatic carbocycles. The van der Waals surface area contributed by atoms with Gasteiger partial charge in [-0.15, -0.1) is 35.3 Å². The minimum atomic E-state index is -0.0938. The maximum atomic E-state index is 12.7. The molecule has 4 unspecified atom stereocenters. The highest BCUT2D eigenvalue weighted by Crippen LogP contribution is 2.52. The first kappa shape index (κ1) is 22.3. The average Bonchev–Trinajstić information content (AvgIpc) is 3.47. The van der Waals surface area contributed by atoms with E-state index in [-0.39, 0.29) is 59.5 Å². The van der Waals surface area contributed by atoms with Crippen LogP contribution in [0.4, 0.5) is 0 Å². The fraction of sp³-hybridized carbons (Fsp3) is 0.571. The van der Waals surface area contributed by atoms with Crippen molar-refractivity contribution in [2.24, 2.45) is 28.7 Å². The largest absolute Gasteiger partial charge is 0.356 e. The molecule has 3 aliphatic rings. The molecule has 1 aromatic rings. The van der Waals surface area contributed by atoms with Crippen molar-refractivity contribution in [1.29, 1.82) is 0 Å². The topological polar surface area (TPSA) is 73.8 Å². The van der Waals surface area contributed by atoms with Crippen molar-refractivity contribution in [2.45, 2.75) is 32.7 Å². The van der Waals surface area contributed by atoms with Gasteiger partial charge in [-0.2, -0.15) is 0 Å². The van der Waals surface area contributed by atoms with E-state index in [2.05, 4.69) is 46.8 Å². The number of likely N-dealkylation sites (tertiary alicyclic amines) is 1. The number of hydrogen-bond acceptors (Lipinski definition) is 4. The Morgan fingerprint density at radius 1 is 1.14 bits per heavy atom. The van der Waals surface area contributed by atoms with Crippen LogP contribution in [0.1, 0.15) is 29.5 Å². The molecule has 1 aromatic heterocycles. The quantitative estimate of drug-likeness (QED) is 0.143. The van der Waals surface area contributed by atoms with E-state index in [9.17, 15) is 9.59 Å². The second-order valence-electron chi connectivity index (χ2n) is 7.76. The first-order chi connectivity index (χ1) is 13.6. The monoisotopic (exact) mass is 528 g/mol. The maximum Gasteiger partial charge on any atom is 0.233 e. The zero-order valence-electron chi connectivity index (χ0n) is 16.9. The number of rotatable bonds is 7. The molecule has 2 fully saturated rings. The Balaban J connectivity index is 0.00000240. The lowest BCUT2D eigenvalue weighted by atomic mass is 9.85. The number of guanidine groups is 1. The van der Waals surface area contributed by atoms with Crippen LogP contribution in [0.2, 0.25) is 0 Å². The van der Waals surface area contributed by atoms with E-state index in [4.69, 9.17) is 0 Å². The summed E-state index contributed by atoms with van der Waals surface area (Å²) in [5.74, 6) is 1.20. The summed E-state index contributed by atoms with van der Waals surface area (Å²) in [5.41, 5.74) is 0. The minimum absolute atomic E-state index is 0. The van der Waals surface area contributed by atoms with Crippen LogP contribution in [0.25, 0.3) is 0 Å². The molecule has 2 amide bonds. The summed E-state index contributed by atoms with van der Waals surface area (Å²) < 4.78 is 0. The van der Waals surface area contributed by atoms with Crippen molar-refractivity contribution in [3.8, 4) is 0 Å². The number of amides is 2. The molecule has 8 heteroatoms. The van der Waals surface area contributed by atoms with Crippen LogP contribution in [0.15, 0.2) is 29.3 Å². The summed E-state index contributed by atoms with van der Waals surface area (Å²) in [6, 6.07) is 4.31. The third kappa shape index (κ3) is 4.38. The summed E-state index contributed by atoms with van der Waals surface area (Å²) in [7, 11) is 1.75. The number of thiophene rings is 1. The molecule has 0 spiro atoms. The number of carbonyl (C=O) groups is 2. The number of imide groups is 1. The van der Waals surface area contributed by atoms with E-state index >= 15 is 0 Å². The van der Waals surface area contributed by atoms with Crippen LogP contribution in [-0.2, 0) is 22.6 Å². The Labute approximate surface area is 193 Å². The van der Waals surface area contributed by atoms with Crippen LogP contribution in [0, 0.1) is 23.7 Å². The zero-order valence-corrected chi connectivity index (χ0v) is 20.0. The first-order valence-corrected chi connectivity index (χ1v) is 11.0. The number of nitrogens with zero attached hydrogens (tertiary/aromatic N) is 2. The predicted molar refractivity (Wildman–Crippen MR) is 126 cm³/mol. The third-order valence-electron chi connectivity index (χ3n) is 6.13. The van der Waals surface area contributed by atoms with Gasteiger partial charge in [0.25, 0.3) is 0 Å². The minimum Gasteiger partial charge on any atom is -0.356 e. The van der Waals surface area contributed by atoms with Gasteiger partial charge in [0.05, 0.1) is 18.4 Å². The molecule has 29 heavy (non-hydrogen) atoms. The number of carbonyl (C=O) groups excluding carboxylic acids is 2. The van der Waals surface area contributed by atoms with Gasteiger partial charge in [0.2, 0.25) is 11.8 Å². The van der Waals surface area contributed by atoms with E-state index in [0.717, 1.165) is 31.8 Å². The summed E-state index contributed by atoms with van der Waals surface area (Å²) in [6.45, 7) is 4.06. The molecule has 4 atom stereocenters. The van der Waals surface area contributed by atoms with Gasteiger partial charge >= 0.3 is 0 Å². The SMILES string of the molecule is CCc1ccc(CNC(=NC)NCCCN2C(=O)C3C4C=CC(C4)C3C2=O)s1.I. The fourth-order valence-electron chi connectivity index (χ4n) is 4.73. The molecule has 1 aliphatic heterocycles. The number of aliphatic imine (C=N–C) groups is 1. The second-order valence-corrected chi connectivity index (χ2v) is 9.01. The Morgan fingerprint density at radius 3 is 2.38 bits per heavy atom. The normalized spacial score (nSPS) is 27.4. The van der Waals surface area contributed by atoms with Gasteiger partial charge in [-0.3, -0.25) is 19.5 Å². The number of halogens is 1. The Morgan fingerprint density at radius 2 is 1.79 bits per heavy atom. The Bertz CT molecular complexity index is 791. The van der Waals surface area contributed by atoms with Crippen molar-refractivity contribution in [3.05, 3.63) is 34.0 Å². The van der Waals surface area contributed by atoms with Crippen molar-refractivity contribution in [1.82, 2.24) is 15.5 Å². The number of nitrogens with one attached hydrogen (secondary N) is 2. The molecule has 1 saturated heterocycles. The van der Waals surface area contributed by atoms with Crippen molar-refractivity contribution >= 4 is 53.1 Å². The maximum absolute atomic E-state index is 12.7. The summed E-state index contributed by atoms with van der Waals surface area (Å²) in [6.07, 6.45) is 7.03. The molecule has 2 bridgehead atoms. The summed E-state index contributed by atoms with van der Waals surface area (Å²) >= 11 is 1.81. The predicted octanol–water partition coefficient (Wildman–Crippen LogP) is 2.79. The van der Waals surface area contributed by atoms with Gasteiger partial charge in [-0.1, -0.05) is 19.1 Å². The lowest BCUT2D eigenvalue weighted by Crippen LogP contribution is -2.39. The highest BCUT2D eigenvalue weighted by molar-refractivity contribution is 14.0. The molecule has 1 saturated carbocycles. The highest BCUT2D eigenvalue weighted by atomic mass is 127. The molecule has 158 valence electrons. The van der Waals surface area contributed by atoms with Crippen molar-refractivity contribution in [2.75, 3.05) is 20.1 Å². The second kappa shape index (κ2) is 9.59. The van der Waals surface area contributed by atoms with Gasteiger partial charge in [-0.25, -0.2) is 0 Å². The first-order valence-electron chi connectivity index (χ1n) is 10.2. The molecular formula is C21H29IN4O2S. The molecule has 2 heterocycles. The summed E-state index contributed by atoms with van der Waals surface area (Å²) in [4.78, 5) is 33.8. The Kier molecular flexibility index (Phi) is 7.37. The Hall–Kier alpha value is -1.42. The fourth-order valence-corrected chi connectivity index (χ4v) is 5.62. The number of aryl methyl sites for hydroxylation is 1. The number of fused-ring (bicyclic) bond motifs is 5. The van der Waals surface area contributed by atoms with Gasteiger partial charge in [0.1, 0.15) is 0 Å². The zero-order chi connectivity index (χ0) is 19.7. The molecular weight excluding hydrogens is 499 g/mol. The van der Waals surface area contributed by atoms with Crippen molar-refractivity contribution in [3.63, 3.8) is 0 Å². The van der Waals surface area contributed by atoms with Crippen LogP contribution >= 0.6 is 35.3 Å². The van der Waals surface area contributed by atoms with E-state index in [1.54, 1.807) is 7.05 Å². The van der Waals surface area contributed by atoms with E-state index < -0.39 is 0 Å². The molecule has 2 aliphatic carbocycles. The van der Waals surface area contributed by atoms with Crippen LogP contribution in [0.3, 0.4) is 0 Å².